The van der Waals surface area contributed by atoms with Gasteiger partial charge in [-0.2, -0.15) is 0 Å². The van der Waals surface area contributed by atoms with Crippen LogP contribution in [-0.2, 0) is 0 Å². The third kappa shape index (κ3) is 2.87. The molecule has 0 aliphatic carbocycles. The Balaban J connectivity index is 2.03. The molecule has 0 saturated heterocycles. The van der Waals surface area contributed by atoms with Crippen molar-refractivity contribution < 1.29 is 9.50 Å². The van der Waals surface area contributed by atoms with Crippen molar-refractivity contribution in [2.45, 2.75) is 13.0 Å². The zero-order valence-electron chi connectivity index (χ0n) is 10.2. The van der Waals surface area contributed by atoms with Gasteiger partial charge in [0.1, 0.15) is 5.82 Å². The van der Waals surface area contributed by atoms with Gasteiger partial charge >= 0.3 is 0 Å². The normalized spacial score (nSPS) is 12.2. The molecule has 0 aliphatic heterocycles. The first kappa shape index (κ1) is 12.6. The van der Waals surface area contributed by atoms with E-state index in [-0.39, 0.29) is 12.4 Å². The van der Waals surface area contributed by atoms with Crippen molar-refractivity contribution in [3.8, 4) is 0 Å². The highest BCUT2D eigenvalue weighted by atomic mass is 19.1. The maximum absolute atomic E-state index is 13.4. The summed E-state index contributed by atoms with van der Waals surface area (Å²) in [5.41, 5.74) is 2.30. The molecule has 0 heterocycles. The first-order valence-electron chi connectivity index (χ1n) is 5.90. The maximum Gasteiger partial charge on any atom is 0.146 e. The number of nitrogens with one attached hydrogen (secondary N) is 1. The second-order valence-electron chi connectivity index (χ2n) is 4.23. The standard InChI is InChI=1S/C15H16FNO/c1-11-6-2-3-7-12(11)15(18)10-17-14-9-5-4-8-13(14)16/h2-9,15,17-18H,10H2,1H3. The van der Waals surface area contributed by atoms with Crippen LogP contribution in [0.25, 0.3) is 0 Å². The van der Waals surface area contributed by atoms with E-state index in [0.717, 1.165) is 11.1 Å². The van der Waals surface area contributed by atoms with Crippen molar-refractivity contribution in [2.75, 3.05) is 11.9 Å². The predicted octanol–water partition coefficient (Wildman–Crippen LogP) is 3.28. The summed E-state index contributed by atoms with van der Waals surface area (Å²) in [6, 6.07) is 14.1. The van der Waals surface area contributed by atoms with Crippen LogP contribution in [0.2, 0.25) is 0 Å². The van der Waals surface area contributed by atoms with Crippen molar-refractivity contribution >= 4 is 5.69 Å². The van der Waals surface area contributed by atoms with Crippen LogP contribution < -0.4 is 5.32 Å². The Bertz CT molecular complexity index is 527. The second-order valence-corrected chi connectivity index (χ2v) is 4.23. The summed E-state index contributed by atoms with van der Waals surface area (Å²) < 4.78 is 13.4. The molecule has 18 heavy (non-hydrogen) atoms. The van der Waals surface area contributed by atoms with Crippen LogP contribution in [0.5, 0.6) is 0 Å². The lowest BCUT2D eigenvalue weighted by atomic mass is 10.0. The summed E-state index contributed by atoms with van der Waals surface area (Å²) in [4.78, 5) is 0. The van der Waals surface area contributed by atoms with Crippen molar-refractivity contribution in [1.29, 1.82) is 0 Å². The van der Waals surface area contributed by atoms with Gasteiger partial charge in [0.25, 0.3) is 0 Å². The molecule has 0 saturated carbocycles. The number of halogens is 1. The van der Waals surface area contributed by atoms with E-state index in [2.05, 4.69) is 5.32 Å². The van der Waals surface area contributed by atoms with Crippen LogP contribution in [0, 0.1) is 12.7 Å². The Labute approximate surface area is 106 Å². The molecule has 2 aromatic carbocycles. The van der Waals surface area contributed by atoms with E-state index in [1.54, 1.807) is 18.2 Å². The summed E-state index contributed by atoms with van der Waals surface area (Å²) in [6.07, 6.45) is -0.647. The van der Waals surface area contributed by atoms with Gasteiger partial charge in [-0.25, -0.2) is 4.39 Å². The third-order valence-corrected chi connectivity index (χ3v) is 2.91. The number of rotatable bonds is 4. The van der Waals surface area contributed by atoms with E-state index in [4.69, 9.17) is 0 Å². The Kier molecular flexibility index (Phi) is 3.95. The molecule has 2 aromatic rings. The summed E-state index contributed by atoms with van der Waals surface area (Å²) >= 11 is 0. The average Bonchev–Trinajstić information content (AvgIpc) is 2.38. The molecule has 0 aliphatic rings. The van der Waals surface area contributed by atoms with Crippen LogP contribution in [0.15, 0.2) is 48.5 Å². The molecule has 1 unspecified atom stereocenters. The van der Waals surface area contributed by atoms with Crippen molar-refractivity contribution in [3.63, 3.8) is 0 Å². The number of aliphatic hydroxyl groups is 1. The molecule has 2 nitrogen and oxygen atoms in total. The SMILES string of the molecule is Cc1ccccc1C(O)CNc1ccccc1F. The molecule has 0 spiro atoms. The number of aryl methyl sites for hydroxylation is 1. The van der Waals surface area contributed by atoms with Gasteiger partial charge in [-0.1, -0.05) is 36.4 Å². The minimum Gasteiger partial charge on any atom is -0.387 e. The molecule has 94 valence electrons. The Hall–Kier alpha value is -1.87. The molecule has 0 amide bonds. The molecule has 3 heteroatoms. The minimum atomic E-state index is -0.647. The van der Waals surface area contributed by atoms with Gasteiger partial charge in [0.2, 0.25) is 0 Å². The first-order chi connectivity index (χ1) is 8.68. The first-order valence-corrected chi connectivity index (χ1v) is 5.90. The fourth-order valence-electron chi connectivity index (χ4n) is 1.88. The van der Waals surface area contributed by atoms with Crippen LogP contribution in [0.4, 0.5) is 10.1 Å². The van der Waals surface area contributed by atoms with E-state index in [9.17, 15) is 9.50 Å². The molecule has 2 rings (SSSR count). The lowest BCUT2D eigenvalue weighted by molar-refractivity contribution is 0.191. The molecule has 0 radical (unpaired) electrons. The van der Waals surface area contributed by atoms with E-state index in [0.29, 0.717) is 5.69 Å². The summed E-state index contributed by atoms with van der Waals surface area (Å²) in [7, 11) is 0. The maximum atomic E-state index is 13.4. The third-order valence-electron chi connectivity index (χ3n) is 2.91. The quantitative estimate of drug-likeness (QED) is 0.866. The topological polar surface area (TPSA) is 32.3 Å². The van der Waals surface area contributed by atoms with E-state index >= 15 is 0 Å². The largest absolute Gasteiger partial charge is 0.387 e. The van der Waals surface area contributed by atoms with Crippen LogP contribution in [0.3, 0.4) is 0 Å². The number of benzene rings is 2. The number of hydrogen-bond donors (Lipinski definition) is 2. The number of hydrogen-bond acceptors (Lipinski definition) is 2. The molecule has 1 atom stereocenters. The zero-order valence-corrected chi connectivity index (χ0v) is 10.2. The monoisotopic (exact) mass is 245 g/mol. The highest BCUT2D eigenvalue weighted by Gasteiger charge is 2.10. The fraction of sp³-hybridized carbons (Fsp3) is 0.200. The number of para-hydroxylation sites is 1. The summed E-state index contributed by atoms with van der Waals surface area (Å²) in [5, 5.41) is 13.0. The summed E-state index contributed by atoms with van der Waals surface area (Å²) in [6.45, 7) is 2.23. The van der Waals surface area contributed by atoms with Gasteiger partial charge in [0.05, 0.1) is 11.8 Å². The Morgan fingerprint density at radius 1 is 1.11 bits per heavy atom. The smallest absolute Gasteiger partial charge is 0.146 e. The van der Waals surface area contributed by atoms with E-state index in [1.165, 1.54) is 6.07 Å². The van der Waals surface area contributed by atoms with Crippen molar-refractivity contribution in [2.24, 2.45) is 0 Å². The number of aliphatic hydroxyl groups excluding tert-OH is 1. The lowest BCUT2D eigenvalue weighted by Gasteiger charge is -2.15. The second kappa shape index (κ2) is 5.65. The van der Waals surface area contributed by atoms with Crippen LogP contribution in [-0.4, -0.2) is 11.7 Å². The van der Waals surface area contributed by atoms with Crippen LogP contribution >= 0.6 is 0 Å². The molecule has 0 bridgehead atoms. The molecular formula is C15H16FNO. The van der Waals surface area contributed by atoms with Gasteiger partial charge < -0.3 is 10.4 Å². The lowest BCUT2D eigenvalue weighted by Crippen LogP contribution is -2.13. The van der Waals surface area contributed by atoms with Gasteiger partial charge in [-0.05, 0) is 30.2 Å². The highest BCUT2D eigenvalue weighted by Crippen LogP contribution is 2.19. The van der Waals surface area contributed by atoms with Gasteiger partial charge in [-0.15, -0.1) is 0 Å². The molecular weight excluding hydrogens is 229 g/mol. The minimum absolute atomic E-state index is 0.284. The molecule has 0 fully saturated rings. The summed E-state index contributed by atoms with van der Waals surface area (Å²) in [5.74, 6) is -0.311. The van der Waals surface area contributed by atoms with Crippen molar-refractivity contribution in [3.05, 3.63) is 65.5 Å². The fourth-order valence-corrected chi connectivity index (χ4v) is 1.88. The van der Waals surface area contributed by atoms with Crippen LogP contribution in [0.1, 0.15) is 17.2 Å². The Morgan fingerprint density at radius 3 is 2.50 bits per heavy atom. The number of anilines is 1. The average molecular weight is 245 g/mol. The molecule has 2 N–H and O–H groups in total. The van der Waals surface area contributed by atoms with E-state index < -0.39 is 6.10 Å². The van der Waals surface area contributed by atoms with E-state index in [1.807, 2.05) is 31.2 Å². The zero-order chi connectivity index (χ0) is 13.0. The molecule has 0 aromatic heterocycles. The Morgan fingerprint density at radius 2 is 1.78 bits per heavy atom. The highest BCUT2D eigenvalue weighted by molar-refractivity contribution is 5.44. The van der Waals surface area contributed by atoms with Gasteiger partial charge in [-0.3, -0.25) is 0 Å². The van der Waals surface area contributed by atoms with Gasteiger partial charge in [0, 0.05) is 6.54 Å². The van der Waals surface area contributed by atoms with Crippen molar-refractivity contribution in [1.82, 2.24) is 0 Å². The van der Waals surface area contributed by atoms with Gasteiger partial charge in [0.15, 0.2) is 0 Å². The predicted molar refractivity (Wildman–Crippen MR) is 71.0 cm³/mol.